The molecule has 0 aliphatic carbocycles. The van der Waals surface area contributed by atoms with Gasteiger partial charge in [-0.25, -0.2) is 0 Å². The zero-order valence-electron chi connectivity index (χ0n) is 29.2. The van der Waals surface area contributed by atoms with Gasteiger partial charge >= 0.3 is 0 Å². The predicted molar refractivity (Wildman–Crippen MR) is 207 cm³/mol. The number of ether oxygens (including phenoxy) is 4. The van der Waals surface area contributed by atoms with Crippen LogP contribution in [0.3, 0.4) is 0 Å². The lowest BCUT2D eigenvalue weighted by molar-refractivity contribution is 0.106. The molecule has 0 aliphatic rings. The van der Waals surface area contributed by atoms with E-state index in [-0.39, 0.29) is 11.1 Å². The number of hydrogen-bond donors (Lipinski definition) is 0. The first-order valence-electron chi connectivity index (χ1n) is 16.2. The van der Waals surface area contributed by atoms with Crippen LogP contribution < -0.4 is 40.2 Å². The first kappa shape index (κ1) is 37.6. The first-order chi connectivity index (χ1) is 25.2. The van der Waals surface area contributed by atoms with Crippen molar-refractivity contribution in [1.82, 2.24) is 0 Å². The Balaban J connectivity index is 0.000000201. The molecule has 0 amide bonds. The van der Waals surface area contributed by atoms with Crippen LogP contribution in [-0.4, -0.2) is 39.5 Å². The summed E-state index contributed by atoms with van der Waals surface area (Å²) >= 11 is 0. The number of benzene rings is 6. The number of rotatable bonds is 12. The van der Waals surface area contributed by atoms with Crippen LogP contribution in [0, 0.1) is 0 Å². The summed E-state index contributed by atoms with van der Waals surface area (Å²) in [6, 6.07) is 45.3. The Labute approximate surface area is 303 Å². The highest BCUT2D eigenvalue weighted by molar-refractivity contribution is 7.94. The minimum Gasteiger partial charge on any atom is -0.496 e. The van der Waals surface area contributed by atoms with Gasteiger partial charge in [-0.3, -0.25) is 9.59 Å². The molecule has 6 aromatic rings. The van der Waals surface area contributed by atoms with Gasteiger partial charge < -0.3 is 28.1 Å². The van der Waals surface area contributed by atoms with Crippen molar-refractivity contribution in [2.24, 2.45) is 0 Å². The molecule has 0 heterocycles. The summed E-state index contributed by atoms with van der Waals surface area (Å²) in [4.78, 5) is 27.2. The number of methoxy groups -OCH3 is 4. The maximum atomic E-state index is 14.2. The van der Waals surface area contributed by atoms with Crippen LogP contribution in [0.5, 0.6) is 23.0 Å². The van der Waals surface area contributed by atoms with Crippen LogP contribution in [0.4, 0.5) is 0 Å². The average molecular weight is 733 g/mol. The zero-order valence-corrected chi connectivity index (χ0v) is 31.0. The summed E-state index contributed by atoms with van der Waals surface area (Å²) < 4.78 is 49.8. The first-order valence-corrected chi connectivity index (χ1v) is 19.6. The highest BCUT2D eigenvalue weighted by Crippen LogP contribution is 2.51. The lowest BCUT2D eigenvalue weighted by Gasteiger charge is -2.20. The van der Waals surface area contributed by atoms with Gasteiger partial charge in [0, 0.05) is 21.2 Å². The Morgan fingerprint density at radius 3 is 0.750 bits per heavy atom. The molecule has 0 aliphatic heterocycles. The number of carbonyl (C=O) groups is 2. The van der Waals surface area contributed by atoms with E-state index in [4.69, 9.17) is 18.9 Å². The molecule has 6 aromatic carbocycles. The molecular formula is C42H38O8P2. The van der Waals surface area contributed by atoms with Crippen LogP contribution >= 0.6 is 14.3 Å². The van der Waals surface area contributed by atoms with Gasteiger partial charge in [0.05, 0.1) is 28.4 Å². The molecule has 0 atom stereocenters. The number of carbonyl (C=O) groups excluding carboxylic acids is 2. The lowest BCUT2D eigenvalue weighted by atomic mass is 10.2. The summed E-state index contributed by atoms with van der Waals surface area (Å²) in [5.74, 6) is 1.34. The van der Waals surface area contributed by atoms with Crippen molar-refractivity contribution in [2.75, 3.05) is 28.4 Å². The van der Waals surface area contributed by atoms with Crippen molar-refractivity contribution < 1.29 is 37.7 Å². The molecule has 0 saturated carbocycles. The van der Waals surface area contributed by atoms with E-state index < -0.39 is 25.3 Å². The fraction of sp³-hybridized carbons (Fsp3) is 0.0952. The van der Waals surface area contributed by atoms with Crippen LogP contribution in [0.25, 0.3) is 0 Å². The Hall–Kier alpha value is -5.68. The van der Waals surface area contributed by atoms with Crippen LogP contribution in [0.1, 0.15) is 20.7 Å². The maximum Gasteiger partial charge on any atom is 0.237 e. The summed E-state index contributed by atoms with van der Waals surface area (Å²) in [6.45, 7) is 0. The average Bonchev–Trinajstić information content (AvgIpc) is 3.23. The van der Waals surface area contributed by atoms with E-state index in [0.29, 0.717) is 44.2 Å². The van der Waals surface area contributed by atoms with Crippen LogP contribution in [-0.2, 0) is 9.13 Å². The third-order valence-electron chi connectivity index (χ3n) is 8.33. The van der Waals surface area contributed by atoms with E-state index in [2.05, 4.69) is 0 Å². The normalized spacial score (nSPS) is 11.0. The Morgan fingerprint density at radius 1 is 0.346 bits per heavy atom. The van der Waals surface area contributed by atoms with E-state index in [0.717, 1.165) is 0 Å². The molecule has 0 radical (unpaired) electrons. The molecule has 0 unspecified atom stereocenters. The van der Waals surface area contributed by atoms with Gasteiger partial charge in [0.1, 0.15) is 34.1 Å². The molecule has 0 spiro atoms. The molecular weight excluding hydrogens is 694 g/mol. The van der Waals surface area contributed by atoms with E-state index in [1.54, 1.807) is 133 Å². The van der Waals surface area contributed by atoms with Gasteiger partial charge in [-0.1, -0.05) is 133 Å². The van der Waals surface area contributed by atoms with E-state index in [1.165, 1.54) is 28.4 Å². The molecule has 10 heteroatoms. The van der Waals surface area contributed by atoms with Crippen molar-refractivity contribution in [1.29, 1.82) is 0 Å². The third kappa shape index (κ3) is 7.36. The molecule has 0 aromatic heterocycles. The monoisotopic (exact) mass is 732 g/mol. The van der Waals surface area contributed by atoms with Crippen molar-refractivity contribution in [2.45, 2.75) is 0 Å². The molecule has 264 valence electrons. The quantitative estimate of drug-likeness (QED) is 0.118. The Kier molecular flexibility index (Phi) is 12.3. The summed E-state index contributed by atoms with van der Waals surface area (Å²) in [5.41, 5.74) is -0.643. The number of hydrogen-bond acceptors (Lipinski definition) is 8. The standard InChI is InChI=1S/2C21H19O4P/c2*1-24-18-14-9-15-19(25-2)20(18)21(22)26(23,16-10-5-3-6-11-16)17-12-7-4-8-13-17/h2*3-15H,1-2H3. The molecule has 52 heavy (non-hydrogen) atoms. The largest absolute Gasteiger partial charge is 0.496 e. The Bertz CT molecular complexity index is 1930. The fourth-order valence-corrected chi connectivity index (χ4v) is 10.7. The maximum absolute atomic E-state index is 14.2. The zero-order chi connectivity index (χ0) is 37.1. The summed E-state index contributed by atoms with van der Waals surface area (Å²) in [6.07, 6.45) is 0. The molecule has 0 N–H and O–H groups in total. The van der Waals surface area contributed by atoms with Crippen molar-refractivity contribution >= 4 is 46.6 Å². The van der Waals surface area contributed by atoms with E-state index in [1.807, 2.05) is 24.3 Å². The Morgan fingerprint density at radius 2 is 0.558 bits per heavy atom. The van der Waals surface area contributed by atoms with Gasteiger partial charge in [-0.15, -0.1) is 0 Å². The van der Waals surface area contributed by atoms with Crippen molar-refractivity contribution in [3.63, 3.8) is 0 Å². The second-order valence-corrected chi connectivity index (χ2v) is 16.6. The lowest BCUT2D eigenvalue weighted by Crippen LogP contribution is -2.23. The molecule has 6 rings (SSSR count). The van der Waals surface area contributed by atoms with Gasteiger partial charge in [0.15, 0.2) is 0 Å². The topological polar surface area (TPSA) is 105 Å². The van der Waals surface area contributed by atoms with Gasteiger partial charge in [0.25, 0.3) is 0 Å². The van der Waals surface area contributed by atoms with Gasteiger partial charge in [0.2, 0.25) is 25.3 Å². The predicted octanol–water partition coefficient (Wildman–Crippen LogP) is 7.72. The third-order valence-corrected chi connectivity index (χ3v) is 14.0. The van der Waals surface area contributed by atoms with Gasteiger partial charge in [-0.05, 0) is 24.3 Å². The molecule has 0 saturated heterocycles. The minimum absolute atomic E-state index is 0.188. The SMILES string of the molecule is COc1cccc(OC)c1C(=O)P(=O)(c1ccccc1)c1ccccc1.COc1cccc(OC)c1C(=O)P(=O)(c1ccccc1)c1ccccc1. The summed E-state index contributed by atoms with van der Waals surface area (Å²) in [7, 11) is -1.34. The smallest absolute Gasteiger partial charge is 0.237 e. The molecule has 8 nitrogen and oxygen atoms in total. The highest BCUT2D eigenvalue weighted by atomic mass is 31.2. The van der Waals surface area contributed by atoms with Gasteiger partial charge in [-0.2, -0.15) is 0 Å². The van der Waals surface area contributed by atoms with Crippen LogP contribution in [0.15, 0.2) is 158 Å². The van der Waals surface area contributed by atoms with E-state index >= 15 is 0 Å². The second-order valence-electron chi connectivity index (χ2n) is 11.2. The fourth-order valence-electron chi connectivity index (χ4n) is 5.76. The highest BCUT2D eigenvalue weighted by Gasteiger charge is 2.41. The molecule has 0 bridgehead atoms. The van der Waals surface area contributed by atoms with Crippen molar-refractivity contribution in [3.8, 4) is 23.0 Å². The van der Waals surface area contributed by atoms with Crippen LogP contribution in [0.2, 0.25) is 0 Å². The van der Waals surface area contributed by atoms with E-state index in [9.17, 15) is 18.7 Å². The minimum atomic E-state index is -3.62. The second kappa shape index (κ2) is 17.0. The van der Waals surface area contributed by atoms with Crippen molar-refractivity contribution in [3.05, 3.63) is 169 Å². The summed E-state index contributed by atoms with van der Waals surface area (Å²) in [5, 5.41) is 1.90. The molecule has 0 fully saturated rings.